The standard InChI is InChI=1S/C13H18N4O/c1-4-7-14-10(3)12-16-17-13(18-12)11-9(2)6-5-8-15-11/h5-6,8,10,14H,4,7H2,1-3H3. The Kier molecular flexibility index (Phi) is 4.04. The van der Waals surface area contributed by atoms with Crippen molar-refractivity contribution < 1.29 is 4.42 Å². The summed E-state index contributed by atoms with van der Waals surface area (Å²) in [6.07, 6.45) is 2.80. The normalized spacial score (nSPS) is 12.6. The van der Waals surface area contributed by atoms with Crippen molar-refractivity contribution in [2.45, 2.75) is 33.2 Å². The second kappa shape index (κ2) is 5.73. The first-order chi connectivity index (χ1) is 8.72. The van der Waals surface area contributed by atoms with Gasteiger partial charge < -0.3 is 9.73 Å². The van der Waals surface area contributed by atoms with E-state index in [-0.39, 0.29) is 6.04 Å². The molecule has 0 aliphatic carbocycles. The molecule has 1 atom stereocenters. The Bertz CT molecular complexity index is 509. The topological polar surface area (TPSA) is 63.8 Å². The van der Waals surface area contributed by atoms with Crippen LogP contribution < -0.4 is 5.32 Å². The van der Waals surface area contributed by atoms with Crippen LogP contribution in [0.1, 0.15) is 37.8 Å². The number of aryl methyl sites for hydroxylation is 1. The Hall–Kier alpha value is -1.75. The van der Waals surface area contributed by atoms with Gasteiger partial charge in [-0.15, -0.1) is 10.2 Å². The summed E-state index contributed by atoms with van der Waals surface area (Å²) in [6, 6.07) is 3.93. The Morgan fingerprint density at radius 2 is 2.22 bits per heavy atom. The lowest BCUT2D eigenvalue weighted by molar-refractivity contribution is 0.422. The van der Waals surface area contributed by atoms with Crippen LogP contribution in [-0.4, -0.2) is 21.7 Å². The molecule has 0 radical (unpaired) electrons. The lowest BCUT2D eigenvalue weighted by Crippen LogP contribution is -2.19. The van der Waals surface area contributed by atoms with Crippen molar-refractivity contribution in [2.75, 3.05) is 6.54 Å². The summed E-state index contributed by atoms with van der Waals surface area (Å²) in [5, 5.41) is 11.4. The highest BCUT2D eigenvalue weighted by atomic mass is 16.4. The van der Waals surface area contributed by atoms with Crippen LogP contribution in [0, 0.1) is 6.92 Å². The number of aromatic nitrogens is 3. The van der Waals surface area contributed by atoms with E-state index in [0.717, 1.165) is 24.2 Å². The van der Waals surface area contributed by atoms with Crippen LogP contribution in [0.5, 0.6) is 0 Å². The molecule has 96 valence electrons. The van der Waals surface area contributed by atoms with Crippen molar-refractivity contribution in [2.24, 2.45) is 0 Å². The smallest absolute Gasteiger partial charge is 0.266 e. The molecule has 2 heterocycles. The fourth-order valence-electron chi connectivity index (χ4n) is 1.66. The summed E-state index contributed by atoms with van der Waals surface area (Å²) < 4.78 is 5.66. The zero-order chi connectivity index (χ0) is 13.0. The molecule has 2 aromatic rings. The van der Waals surface area contributed by atoms with Crippen LogP contribution in [0.15, 0.2) is 22.7 Å². The van der Waals surface area contributed by atoms with Crippen molar-refractivity contribution in [3.8, 4) is 11.6 Å². The van der Waals surface area contributed by atoms with Crippen molar-refractivity contribution in [3.63, 3.8) is 0 Å². The van der Waals surface area contributed by atoms with E-state index < -0.39 is 0 Å². The molecule has 0 amide bonds. The number of hydrogen-bond donors (Lipinski definition) is 1. The third kappa shape index (κ3) is 2.73. The van der Waals surface area contributed by atoms with Gasteiger partial charge in [0.25, 0.3) is 5.89 Å². The Labute approximate surface area is 107 Å². The second-order valence-electron chi connectivity index (χ2n) is 4.29. The van der Waals surface area contributed by atoms with Crippen LogP contribution in [0.4, 0.5) is 0 Å². The van der Waals surface area contributed by atoms with Gasteiger partial charge in [-0.25, -0.2) is 0 Å². The van der Waals surface area contributed by atoms with Crippen molar-refractivity contribution in [3.05, 3.63) is 29.8 Å². The summed E-state index contributed by atoms with van der Waals surface area (Å²) in [5.41, 5.74) is 1.78. The molecule has 5 nitrogen and oxygen atoms in total. The highest BCUT2D eigenvalue weighted by Crippen LogP contribution is 2.21. The number of hydrogen-bond acceptors (Lipinski definition) is 5. The van der Waals surface area contributed by atoms with Gasteiger partial charge in [0.15, 0.2) is 0 Å². The first kappa shape index (κ1) is 12.7. The quantitative estimate of drug-likeness (QED) is 0.878. The van der Waals surface area contributed by atoms with E-state index in [4.69, 9.17) is 4.42 Å². The molecule has 0 spiro atoms. The predicted molar refractivity (Wildman–Crippen MR) is 69.0 cm³/mol. The van der Waals surface area contributed by atoms with Gasteiger partial charge in [-0.1, -0.05) is 13.0 Å². The molecule has 0 bridgehead atoms. The van der Waals surface area contributed by atoms with Gasteiger partial charge in [0.05, 0.1) is 6.04 Å². The van der Waals surface area contributed by atoms with Gasteiger partial charge in [-0.05, 0) is 38.4 Å². The molecule has 18 heavy (non-hydrogen) atoms. The van der Waals surface area contributed by atoms with Crippen LogP contribution in [0.2, 0.25) is 0 Å². The van der Waals surface area contributed by atoms with Crippen LogP contribution in [-0.2, 0) is 0 Å². The van der Waals surface area contributed by atoms with E-state index in [2.05, 4.69) is 27.4 Å². The maximum Gasteiger partial charge on any atom is 0.266 e. The number of pyridine rings is 1. The third-order valence-corrected chi connectivity index (χ3v) is 2.72. The zero-order valence-corrected chi connectivity index (χ0v) is 11.0. The molecule has 0 saturated heterocycles. The van der Waals surface area contributed by atoms with Crippen LogP contribution in [0.3, 0.4) is 0 Å². The van der Waals surface area contributed by atoms with E-state index in [1.807, 2.05) is 26.0 Å². The van der Waals surface area contributed by atoms with Crippen molar-refractivity contribution >= 4 is 0 Å². The van der Waals surface area contributed by atoms with Gasteiger partial charge in [0.2, 0.25) is 5.89 Å². The number of nitrogens with one attached hydrogen (secondary N) is 1. The fraction of sp³-hybridized carbons (Fsp3) is 0.462. The van der Waals surface area contributed by atoms with Crippen molar-refractivity contribution in [1.82, 2.24) is 20.5 Å². The van der Waals surface area contributed by atoms with E-state index >= 15 is 0 Å². The predicted octanol–water partition coefficient (Wildman–Crippen LogP) is 2.50. The summed E-state index contributed by atoms with van der Waals surface area (Å²) in [5.74, 6) is 1.08. The maximum atomic E-state index is 5.66. The average molecular weight is 246 g/mol. The largest absolute Gasteiger partial charge is 0.418 e. The maximum absolute atomic E-state index is 5.66. The van der Waals surface area contributed by atoms with Gasteiger partial charge in [-0.2, -0.15) is 0 Å². The number of nitrogens with zero attached hydrogens (tertiary/aromatic N) is 3. The minimum Gasteiger partial charge on any atom is -0.418 e. The van der Waals surface area contributed by atoms with E-state index in [1.165, 1.54) is 0 Å². The van der Waals surface area contributed by atoms with E-state index in [9.17, 15) is 0 Å². The first-order valence-electron chi connectivity index (χ1n) is 6.21. The molecule has 1 unspecified atom stereocenters. The van der Waals surface area contributed by atoms with Crippen molar-refractivity contribution in [1.29, 1.82) is 0 Å². The van der Waals surface area contributed by atoms with Crippen LogP contribution >= 0.6 is 0 Å². The summed E-state index contributed by atoms with van der Waals surface area (Å²) in [4.78, 5) is 4.27. The van der Waals surface area contributed by atoms with Gasteiger partial charge in [-0.3, -0.25) is 4.98 Å². The molecular weight excluding hydrogens is 228 g/mol. The number of rotatable bonds is 5. The molecule has 2 aromatic heterocycles. The molecule has 1 N–H and O–H groups in total. The zero-order valence-electron chi connectivity index (χ0n) is 11.0. The molecule has 0 aliphatic heterocycles. The summed E-state index contributed by atoms with van der Waals surface area (Å²) >= 11 is 0. The molecule has 5 heteroatoms. The Morgan fingerprint density at radius 3 is 2.94 bits per heavy atom. The molecule has 0 fully saturated rings. The van der Waals surface area contributed by atoms with Gasteiger partial charge in [0, 0.05) is 6.20 Å². The minimum absolute atomic E-state index is 0.0650. The Morgan fingerprint density at radius 1 is 1.39 bits per heavy atom. The fourth-order valence-corrected chi connectivity index (χ4v) is 1.66. The van der Waals surface area contributed by atoms with Gasteiger partial charge in [0.1, 0.15) is 5.69 Å². The van der Waals surface area contributed by atoms with Gasteiger partial charge >= 0.3 is 0 Å². The Balaban J connectivity index is 2.18. The van der Waals surface area contributed by atoms with E-state index in [1.54, 1.807) is 6.20 Å². The molecule has 0 aliphatic rings. The monoisotopic (exact) mass is 246 g/mol. The average Bonchev–Trinajstić information content (AvgIpc) is 2.86. The minimum atomic E-state index is 0.0650. The molecule has 2 rings (SSSR count). The SMILES string of the molecule is CCCNC(C)c1nnc(-c2ncccc2C)o1. The van der Waals surface area contributed by atoms with E-state index in [0.29, 0.717) is 11.8 Å². The first-order valence-corrected chi connectivity index (χ1v) is 6.21. The molecular formula is C13H18N4O. The highest BCUT2D eigenvalue weighted by molar-refractivity contribution is 5.51. The van der Waals surface area contributed by atoms with Crippen LogP contribution in [0.25, 0.3) is 11.6 Å². The second-order valence-corrected chi connectivity index (χ2v) is 4.29. The summed E-state index contributed by atoms with van der Waals surface area (Å²) in [6.45, 7) is 7.04. The lowest BCUT2D eigenvalue weighted by Gasteiger charge is -2.07. The lowest BCUT2D eigenvalue weighted by atomic mass is 10.2. The third-order valence-electron chi connectivity index (χ3n) is 2.72. The summed E-state index contributed by atoms with van der Waals surface area (Å²) in [7, 11) is 0. The molecule has 0 saturated carbocycles. The highest BCUT2D eigenvalue weighted by Gasteiger charge is 2.15. The molecule has 0 aromatic carbocycles.